The number of benzene rings is 1. The van der Waals surface area contributed by atoms with Crippen LogP contribution in [0.3, 0.4) is 0 Å². The van der Waals surface area contributed by atoms with Gasteiger partial charge in [0.25, 0.3) is 11.1 Å². The molecule has 0 aromatic heterocycles. The van der Waals surface area contributed by atoms with E-state index in [0.717, 1.165) is 11.8 Å². The molecule has 0 atom stereocenters. The van der Waals surface area contributed by atoms with Crippen LogP contribution in [0.1, 0.15) is 26.3 Å². The van der Waals surface area contributed by atoms with Gasteiger partial charge in [-0.05, 0) is 88.2 Å². The summed E-state index contributed by atoms with van der Waals surface area (Å²) < 4.78 is 11.5. The van der Waals surface area contributed by atoms with E-state index < -0.39 is 5.97 Å². The smallest absolute Gasteiger partial charge is 0.344 e. The van der Waals surface area contributed by atoms with Gasteiger partial charge in [-0.3, -0.25) is 14.5 Å². The van der Waals surface area contributed by atoms with E-state index >= 15 is 0 Å². The second-order valence-corrected chi connectivity index (χ2v) is 8.25. The number of halogens is 2. The van der Waals surface area contributed by atoms with Gasteiger partial charge in [-0.2, -0.15) is 0 Å². The molecule has 0 N–H and O–H groups in total. The maximum Gasteiger partial charge on any atom is 0.344 e. The number of carbonyl (C=O) groups excluding carboxylic acids is 3. The first-order chi connectivity index (χ1) is 12.2. The molecular formula is C17H17Br2NO5S. The average molecular weight is 507 g/mol. The van der Waals surface area contributed by atoms with Crippen LogP contribution in [0, 0.1) is 0 Å². The van der Waals surface area contributed by atoms with Crippen LogP contribution in [0.2, 0.25) is 0 Å². The minimum atomic E-state index is -0.460. The molecule has 2 rings (SSSR count). The second-order valence-electron chi connectivity index (χ2n) is 5.55. The first kappa shape index (κ1) is 21.0. The molecule has 9 heteroatoms. The van der Waals surface area contributed by atoms with Crippen LogP contribution in [-0.2, 0) is 14.3 Å². The van der Waals surface area contributed by atoms with E-state index in [9.17, 15) is 14.4 Å². The van der Waals surface area contributed by atoms with Gasteiger partial charge in [0, 0.05) is 6.04 Å². The summed E-state index contributed by atoms with van der Waals surface area (Å²) in [5, 5.41) is -0.274. The first-order valence-electron chi connectivity index (χ1n) is 7.79. The molecule has 26 heavy (non-hydrogen) atoms. The number of esters is 1. The van der Waals surface area contributed by atoms with Crippen molar-refractivity contribution in [1.29, 1.82) is 0 Å². The lowest BCUT2D eigenvalue weighted by molar-refractivity contribution is -0.145. The quantitative estimate of drug-likeness (QED) is 0.414. The van der Waals surface area contributed by atoms with E-state index in [4.69, 9.17) is 9.47 Å². The maximum absolute atomic E-state index is 12.4. The van der Waals surface area contributed by atoms with Crippen LogP contribution in [0.15, 0.2) is 26.0 Å². The molecule has 1 saturated heterocycles. The van der Waals surface area contributed by atoms with Crippen molar-refractivity contribution in [2.45, 2.75) is 26.8 Å². The highest BCUT2D eigenvalue weighted by atomic mass is 79.9. The summed E-state index contributed by atoms with van der Waals surface area (Å²) >= 11 is 7.70. The number of rotatable bonds is 6. The van der Waals surface area contributed by atoms with Gasteiger partial charge in [0.2, 0.25) is 0 Å². The Labute approximate surface area is 172 Å². The summed E-state index contributed by atoms with van der Waals surface area (Å²) in [6, 6.07) is 3.30. The minimum Gasteiger partial charge on any atom is -0.480 e. The summed E-state index contributed by atoms with van der Waals surface area (Å²) in [5.74, 6) is -0.312. The van der Waals surface area contributed by atoms with Crippen LogP contribution in [0.25, 0.3) is 6.08 Å². The van der Waals surface area contributed by atoms with Gasteiger partial charge in [-0.25, -0.2) is 4.79 Å². The molecule has 0 radical (unpaired) electrons. The van der Waals surface area contributed by atoms with Crippen molar-refractivity contribution in [3.05, 3.63) is 31.5 Å². The van der Waals surface area contributed by atoms with Crippen LogP contribution >= 0.6 is 43.6 Å². The van der Waals surface area contributed by atoms with Gasteiger partial charge in [0.15, 0.2) is 6.61 Å². The van der Waals surface area contributed by atoms with E-state index in [1.165, 1.54) is 4.90 Å². The maximum atomic E-state index is 12.4. The second kappa shape index (κ2) is 9.05. The lowest BCUT2D eigenvalue weighted by Crippen LogP contribution is -2.34. The van der Waals surface area contributed by atoms with Crippen LogP contribution in [0.4, 0.5) is 4.79 Å². The Morgan fingerprint density at radius 2 is 1.88 bits per heavy atom. The molecule has 0 unspecified atom stereocenters. The zero-order valence-corrected chi connectivity index (χ0v) is 18.4. The molecule has 1 heterocycles. The van der Waals surface area contributed by atoms with E-state index in [0.29, 0.717) is 25.2 Å². The number of amides is 2. The summed E-state index contributed by atoms with van der Waals surface area (Å²) in [4.78, 5) is 37.3. The fourth-order valence-corrected chi connectivity index (χ4v) is 4.62. The highest BCUT2D eigenvalue weighted by Gasteiger charge is 2.36. The predicted octanol–water partition coefficient (Wildman–Crippen LogP) is 4.60. The van der Waals surface area contributed by atoms with Crippen molar-refractivity contribution in [3.63, 3.8) is 0 Å². The van der Waals surface area contributed by atoms with Crippen molar-refractivity contribution >= 4 is 66.8 Å². The van der Waals surface area contributed by atoms with Crippen molar-refractivity contribution in [2.24, 2.45) is 0 Å². The van der Waals surface area contributed by atoms with Crippen molar-refractivity contribution in [3.8, 4) is 5.75 Å². The highest BCUT2D eigenvalue weighted by molar-refractivity contribution is 9.11. The van der Waals surface area contributed by atoms with Gasteiger partial charge in [-0.15, -0.1) is 0 Å². The van der Waals surface area contributed by atoms with E-state index in [1.54, 1.807) is 39.0 Å². The van der Waals surface area contributed by atoms with Crippen molar-refractivity contribution < 1.29 is 23.9 Å². The third-order valence-corrected chi connectivity index (χ3v) is 5.36. The summed E-state index contributed by atoms with van der Waals surface area (Å²) in [7, 11) is 0. The third-order valence-electron chi connectivity index (χ3n) is 3.30. The van der Waals surface area contributed by atoms with E-state index in [-0.39, 0.29) is 30.4 Å². The lowest BCUT2D eigenvalue weighted by Gasteiger charge is -2.16. The fraction of sp³-hybridized carbons (Fsp3) is 0.353. The highest BCUT2D eigenvalue weighted by Crippen LogP contribution is 2.38. The number of nitrogens with zero attached hydrogens (tertiary/aromatic N) is 1. The Bertz CT molecular complexity index is 755. The third kappa shape index (κ3) is 4.89. The predicted molar refractivity (Wildman–Crippen MR) is 107 cm³/mol. The Morgan fingerprint density at radius 3 is 2.38 bits per heavy atom. The van der Waals surface area contributed by atoms with Gasteiger partial charge in [0.05, 0.1) is 20.5 Å². The Hall–Kier alpha value is -1.32. The SMILES string of the molecule is CCOC(=O)COc1c(Br)cc(C=C2SC(=O)N(C(C)C)C2=O)cc1Br. The van der Waals surface area contributed by atoms with Crippen LogP contribution < -0.4 is 4.74 Å². The molecule has 1 aliphatic rings. The minimum absolute atomic E-state index is 0.189. The topological polar surface area (TPSA) is 72.9 Å². The molecule has 0 bridgehead atoms. The zero-order valence-electron chi connectivity index (χ0n) is 14.4. The molecule has 1 aliphatic heterocycles. The summed E-state index contributed by atoms with van der Waals surface area (Å²) in [5.41, 5.74) is 0.710. The number of thioether (sulfide) groups is 1. The molecule has 1 aromatic rings. The van der Waals surface area contributed by atoms with Crippen LogP contribution in [0.5, 0.6) is 5.75 Å². The Kier molecular flexibility index (Phi) is 7.31. The fourth-order valence-electron chi connectivity index (χ4n) is 2.21. The number of imide groups is 1. The van der Waals surface area contributed by atoms with Gasteiger partial charge in [0.1, 0.15) is 5.75 Å². The van der Waals surface area contributed by atoms with Gasteiger partial charge < -0.3 is 9.47 Å². The molecule has 1 fully saturated rings. The molecular weight excluding hydrogens is 490 g/mol. The molecule has 0 saturated carbocycles. The number of carbonyl (C=O) groups is 3. The van der Waals surface area contributed by atoms with Crippen molar-refractivity contribution in [1.82, 2.24) is 4.90 Å². The normalized spacial score (nSPS) is 15.9. The standard InChI is InChI=1S/C17H17Br2NO5S/c1-4-24-14(21)8-25-15-11(18)5-10(6-12(15)19)7-13-16(22)20(9(2)3)17(23)26-13/h5-7,9H,4,8H2,1-3H3. The zero-order chi connectivity index (χ0) is 19.4. The molecule has 1 aromatic carbocycles. The first-order valence-corrected chi connectivity index (χ1v) is 10.2. The molecule has 6 nitrogen and oxygen atoms in total. The average Bonchev–Trinajstić information content (AvgIpc) is 2.80. The molecule has 0 spiro atoms. The number of ether oxygens (including phenoxy) is 2. The number of hydrogen-bond donors (Lipinski definition) is 0. The van der Waals surface area contributed by atoms with Gasteiger partial charge in [-0.1, -0.05) is 0 Å². The van der Waals surface area contributed by atoms with Crippen LogP contribution in [-0.4, -0.2) is 41.3 Å². The lowest BCUT2D eigenvalue weighted by atomic mass is 10.2. The molecule has 0 aliphatic carbocycles. The van der Waals surface area contributed by atoms with Crippen molar-refractivity contribution in [2.75, 3.05) is 13.2 Å². The Balaban J connectivity index is 2.21. The monoisotopic (exact) mass is 505 g/mol. The summed E-state index contributed by atoms with van der Waals surface area (Å²) in [6.07, 6.45) is 1.65. The van der Waals surface area contributed by atoms with E-state index in [2.05, 4.69) is 31.9 Å². The summed E-state index contributed by atoms with van der Waals surface area (Å²) in [6.45, 7) is 5.39. The Morgan fingerprint density at radius 1 is 1.27 bits per heavy atom. The molecule has 2 amide bonds. The largest absolute Gasteiger partial charge is 0.480 e. The molecule has 140 valence electrons. The van der Waals surface area contributed by atoms with E-state index in [1.807, 2.05) is 0 Å². The van der Waals surface area contributed by atoms with Gasteiger partial charge >= 0.3 is 5.97 Å². The number of hydrogen-bond acceptors (Lipinski definition) is 6.